The fourth-order valence-electron chi connectivity index (χ4n) is 0. The molecule has 30 valence electrons. The van der Waals surface area contributed by atoms with E-state index in [1.807, 2.05) is 0 Å². The Hall–Kier alpha value is 2.93. The van der Waals surface area contributed by atoms with E-state index in [0.717, 1.165) is 0 Å². The Labute approximate surface area is 101 Å². The van der Waals surface area contributed by atoms with Crippen molar-refractivity contribution in [2.45, 2.75) is 0 Å². The minimum atomic E-state index is 0. The van der Waals surface area contributed by atoms with Crippen molar-refractivity contribution in [2.24, 2.45) is 0 Å². The van der Waals surface area contributed by atoms with Crippen molar-refractivity contribution in [3.63, 3.8) is 0 Å². The molecule has 0 aliphatic heterocycles. The van der Waals surface area contributed by atoms with Crippen LogP contribution >= 0.6 is 0 Å². The van der Waals surface area contributed by atoms with Gasteiger partial charge in [-0.15, -0.1) is 0 Å². The topological polar surface area (TPSA) is 57.0 Å². The van der Waals surface area contributed by atoms with E-state index in [-0.39, 0.29) is 102 Å². The molecule has 0 N–H and O–H groups in total. The van der Waals surface area contributed by atoms with Crippen LogP contribution < -0.4 is 0 Å². The maximum atomic E-state index is 0. The van der Waals surface area contributed by atoms with Gasteiger partial charge < -0.3 is 11.0 Å². The SMILES string of the molecule is [GaH3].[InH3].[O-2].[O-2].[Zn].[Zr+4]. The van der Waals surface area contributed by atoms with Crippen LogP contribution in [0.1, 0.15) is 0 Å². The van der Waals surface area contributed by atoms with Crippen LogP contribution in [0.4, 0.5) is 0 Å². The molecule has 0 atom stereocenters. The van der Waals surface area contributed by atoms with Crippen LogP contribution in [-0.4, -0.2) is 45.6 Å². The van der Waals surface area contributed by atoms with Gasteiger partial charge in [-0.1, -0.05) is 0 Å². The summed E-state index contributed by atoms with van der Waals surface area (Å²) in [5, 5.41) is 0. The van der Waals surface area contributed by atoms with Crippen molar-refractivity contribution < 1.29 is 56.6 Å². The van der Waals surface area contributed by atoms with E-state index < -0.39 is 0 Å². The van der Waals surface area contributed by atoms with Crippen molar-refractivity contribution in [1.29, 1.82) is 0 Å². The van der Waals surface area contributed by atoms with Gasteiger partial charge in [0, 0.05) is 19.5 Å². The first-order chi connectivity index (χ1) is 0. The van der Waals surface area contributed by atoms with Crippen LogP contribution in [-0.2, 0) is 56.6 Å². The van der Waals surface area contributed by atoms with Gasteiger partial charge in [0.25, 0.3) is 0 Å². The Bertz CT molecular complexity index is 13.5. The van der Waals surface area contributed by atoms with Crippen molar-refractivity contribution in [3.8, 4) is 0 Å². The Kier molecular flexibility index (Phi) is 483. The van der Waals surface area contributed by atoms with Gasteiger partial charge in [-0.3, -0.25) is 0 Å². The molecule has 0 saturated heterocycles. The van der Waals surface area contributed by atoms with Gasteiger partial charge >= 0.3 is 71.8 Å². The van der Waals surface area contributed by atoms with Gasteiger partial charge in [0.05, 0.1) is 0 Å². The zero-order valence-corrected chi connectivity index (χ0v) is 7.45. The predicted molar refractivity (Wildman–Crippen MR) is 21.3 cm³/mol. The third-order valence-electron chi connectivity index (χ3n) is 0. The van der Waals surface area contributed by atoms with Crippen LogP contribution in [0.25, 0.3) is 0 Å². The summed E-state index contributed by atoms with van der Waals surface area (Å²) >= 11 is 0. The molecule has 0 unspecified atom stereocenters. The molecule has 0 aromatic heterocycles. The Morgan fingerprint density at radius 3 is 0.833 bits per heavy atom. The summed E-state index contributed by atoms with van der Waals surface area (Å²) in [5.74, 6) is 0. The summed E-state index contributed by atoms with van der Waals surface area (Å²) in [6.45, 7) is 0. The van der Waals surface area contributed by atoms with Crippen LogP contribution in [0, 0.1) is 0 Å². The second-order valence-electron chi connectivity index (χ2n) is 0. The van der Waals surface area contributed by atoms with Crippen molar-refractivity contribution >= 4 is 45.6 Å². The molecule has 0 rings (SSSR count). The molecular weight excluding hydrogens is 373 g/mol. The first kappa shape index (κ1) is 65.4. The van der Waals surface area contributed by atoms with E-state index in [0.29, 0.717) is 0 Å². The van der Waals surface area contributed by atoms with Crippen LogP contribution in [0.2, 0.25) is 0 Å². The minimum absolute atomic E-state index is 0. The van der Waals surface area contributed by atoms with Crippen molar-refractivity contribution in [2.75, 3.05) is 0 Å². The first-order valence-corrected chi connectivity index (χ1v) is 0. The summed E-state index contributed by atoms with van der Waals surface area (Å²) in [4.78, 5) is 0. The molecule has 0 radical (unpaired) electrons. The number of rotatable bonds is 0. The monoisotopic (exact) mass is 376 g/mol. The number of hydrogen-bond acceptors (Lipinski definition) is 0. The van der Waals surface area contributed by atoms with Crippen molar-refractivity contribution in [1.82, 2.24) is 0 Å². The molecule has 0 aliphatic carbocycles. The Morgan fingerprint density at radius 2 is 0.833 bits per heavy atom. The molecular formula is H6GaInO2ZnZr. The fraction of sp³-hybridized carbons (Fsp3) is 0. The van der Waals surface area contributed by atoms with Gasteiger partial charge in [-0.25, -0.2) is 0 Å². The third kappa shape index (κ3) is 28.4. The minimum Gasteiger partial charge on any atom is -2.00 e. The average Bonchev–Trinajstić information content (AvgIpc) is 0. The van der Waals surface area contributed by atoms with Gasteiger partial charge in [-0.2, -0.15) is 0 Å². The maximum Gasteiger partial charge on any atom is 4.00 e. The zero-order valence-electron chi connectivity index (χ0n) is 2.02. The molecule has 0 aliphatic rings. The van der Waals surface area contributed by atoms with E-state index in [9.17, 15) is 0 Å². The van der Waals surface area contributed by atoms with Gasteiger partial charge in [0.15, 0.2) is 0 Å². The second kappa shape index (κ2) is 44.3. The molecule has 0 bridgehead atoms. The quantitative estimate of drug-likeness (QED) is 0.415. The summed E-state index contributed by atoms with van der Waals surface area (Å²) < 4.78 is 0. The van der Waals surface area contributed by atoms with E-state index in [4.69, 9.17) is 0 Å². The second-order valence-corrected chi connectivity index (χ2v) is 0. The smallest absolute Gasteiger partial charge is 2.00 e. The molecule has 2 nitrogen and oxygen atoms in total. The largest absolute Gasteiger partial charge is 4.00 e. The molecule has 0 saturated carbocycles. The standard InChI is InChI=1S/Ga.In.2O.Zn.Zr.6H/q;;2*-2;;+4;;;;;;. The van der Waals surface area contributed by atoms with E-state index in [1.54, 1.807) is 0 Å². The summed E-state index contributed by atoms with van der Waals surface area (Å²) in [7, 11) is 0. The van der Waals surface area contributed by atoms with Gasteiger partial charge in [0.1, 0.15) is 0 Å². The van der Waals surface area contributed by atoms with Crippen LogP contribution in [0.15, 0.2) is 0 Å². The van der Waals surface area contributed by atoms with Crippen LogP contribution in [0.5, 0.6) is 0 Å². The van der Waals surface area contributed by atoms with Crippen molar-refractivity contribution in [3.05, 3.63) is 0 Å². The average molecular weight is 379 g/mol. The molecule has 0 spiro atoms. The Balaban J connectivity index is 0. The summed E-state index contributed by atoms with van der Waals surface area (Å²) in [6, 6.07) is 0. The number of hydrogen-bond donors (Lipinski definition) is 0. The molecule has 0 aromatic rings. The summed E-state index contributed by atoms with van der Waals surface area (Å²) in [5.41, 5.74) is 0. The van der Waals surface area contributed by atoms with E-state index in [1.165, 1.54) is 0 Å². The van der Waals surface area contributed by atoms with Gasteiger partial charge in [-0.05, 0) is 0 Å². The molecule has 6 heteroatoms. The molecule has 6 heavy (non-hydrogen) atoms. The van der Waals surface area contributed by atoms with E-state index in [2.05, 4.69) is 0 Å². The molecule has 0 fully saturated rings. The summed E-state index contributed by atoms with van der Waals surface area (Å²) in [6.07, 6.45) is 0. The molecule has 0 amide bonds. The van der Waals surface area contributed by atoms with E-state index >= 15 is 0 Å². The zero-order chi connectivity index (χ0) is 0. The fourth-order valence-corrected chi connectivity index (χ4v) is 0. The Morgan fingerprint density at radius 1 is 0.833 bits per heavy atom. The molecule has 0 heterocycles. The van der Waals surface area contributed by atoms with Crippen LogP contribution in [0.3, 0.4) is 0 Å². The maximum absolute atomic E-state index is 0. The van der Waals surface area contributed by atoms with Gasteiger partial charge in [0.2, 0.25) is 0 Å². The third-order valence-corrected chi connectivity index (χ3v) is 0. The normalized spacial score (nSPS) is 0. The predicted octanol–water partition coefficient (Wildman–Crippen LogP) is -2.61. The first-order valence-electron chi connectivity index (χ1n) is 0. The molecule has 0 aromatic carbocycles.